The number of amides is 1. The number of benzene rings is 1. The van der Waals surface area contributed by atoms with E-state index in [0.29, 0.717) is 11.1 Å². The molecule has 0 bridgehead atoms. The molecule has 0 radical (unpaired) electrons. The number of fused-ring (bicyclic) bond motifs is 1. The molecule has 27 heavy (non-hydrogen) atoms. The standard InChI is InChI=1S/C17H22N2O6S2/c1-8-6-9(2)12(10(3)7-8)27(24,25)18-11-14(20)19-13(16(21)22)17(4,5)26(23)15(11)19/h6-7,11,13,15,18H,1-5H3,(H,21,22)/t11-,13+,15-,26-/m1/s1. The molecule has 1 aromatic carbocycles. The fourth-order valence-electron chi connectivity index (χ4n) is 4.09. The molecule has 1 amide bonds. The monoisotopic (exact) mass is 414 g/mol. The zero-order valence-electron chi connectivity index (χ0n) is 15.6. The smallest absolute Gasteiger partial charge is 0.328 e. The summed E-state index contributed by atoms with van der Waals surface area (Å²) in [5, 5.41) is 8.44. The van der Waals surface area contributed by atoms with Gasteiger partial charge in [-0.1, -0.05) is 17.7 Å². The van der Waals surface area contributed by atoms with E-state index in [0.717, 1.165) is 10.5 Å². The zero-order chi connectivity index (χ0) is 20.5. The van der Waals surface area contributed by atoms with Crippen LogP contribution in [0.25, 0.3) is 0 Å². The second-order valence-electron chi connectivity index (χ2n) is 7.60. The van der Waals surface area contributed by atoms with Crippen LogP contribution < -0.4 is 4.72 Å². The van der Waals surface area contributed by atoms with Crippen molar-refractivity contribution < 1.29 is 27.3 Å². The number of carbonyl (C=O) groups excluding carboxylic acids is 1. The summed E-state index contributed by atoms with van der Waals surface area (Å²) in [6.45, 7) is 8.20. The van der Waals surface area contributed by atoms with Gasteiger partial charge in [0.1, 0.15) is 17.5 Å². The summed E-state index contributed by atoms with van der Waals surface area (Å²) < 4.78 is 39.8. The Labute approximate surface area is 160 Å². The van der Waals surface area contributed by atoms with Crippen molar-refractivity contribution in [3.8, 4) is 0 Å². The number of carbonyl (C=O) groups is 2. The molecule has 0 unspecified atom stereocenters. The number of carboxylic acids is 1. The van der Waals surface area contributed by atoms with E-state index in [1.165, 1.54) is 13.8 Å². The van der Waals surface area contributed by atoms with Crippen LogP contribution >= 0.6 is 0 Å². The van der Waals surface area contributed by atoms with Gasteiger partial charge in [0.05, 0.1) is 20.4 Å². The molecule has 0 aromatic heterocycles. The molecule has 2 aliphatic rings. The van der Waals surface area contributed by atoms with E-state index in [1.807, 2.05) is 6.92 Å². The van der Waals surface area contributed by atoms with Gasteiger partial charge in [0.2, 0.25) is 15.9 Å². The molecule has 2 N–H and O–H groups in total. The van der Waals surface area contributed by atoms with E-state index in [1.54, 1.807) is 26.0 Å². The molecule has 2 aliphatic heterocycles. The molecule has 2 saturated heterocycles. The lowest BCUT2D eigenvalue weighted by Crippen LogP contribution is -2.71. The van der Waals surface area contributed by atoms with Crippen molar-refractivity contribution in [1.82, 2.24) is 9.62 Å². The van der Waals surface area contributed by atoms with Gasteiger partial charge in [-0.15, -0.1) is 0 Å². The van der Waals surface area contributed by atoms with Crippen molar-refractivity contribution in [3.63, 3.8) is 0 Å². The Morgan fingerprint density at radius 3 is 2.22 bits per heavy atom. The number of nitrogens with one attached hydrogen (secondary N) is 1. The fourth-order valence-corrected chi connectivity index (χ4v) is 7.74. The van der Waals surface area contributed by atoms with Crippen LogP contribution in [0, 0.1) is 20.8 Å². The fraction of sp³-hybridized carbons (Fsp3) is 0.529. The molecule has 0 saturated carbocycles. The molecule has 2 fully saturated rings. The lowest BCUT2D eigenvalue weighted by molar-refractivity contribution is -0.159. The zero-order valence-corrected chi connectivity index (χ0v) is 17.3. The maximum Gasteiger partial charge on any atom is 0.328 e. The highest BCUT2D eigenvalue weighted by Gasteiger charge is 2.68. The summed E-state index contributed by atoms with van der Waals surface area (Å²) in [6.07, 6.45) is 0. The van der Waals surface area contributed by atoms with E-state index in [2.05, 4.69) is 4.72 Å². The summed E-state index contributed by atoms with van der Waals surface area (Å²) in [7, 11) is -5.78. The topological polar surface area (TPSA) is 121 Å². The highest BCUT2D eigenvalue weighted by molar-refractivity contribution is 7.90. The van der Waals surface area contributed by atoms with Crippen molar-refractivity contribution in [1.29, 1.82) is 0 Å². The van der Waals surface area contributed by atoms with Crippen LogP contribution in [0.5, 0.6) is 0 Å². The number of β-lactam (4-membered cyclic amide) rings is 1. The van der Waals surface area contributed by atoms with Gasteiger partial charge in [0.25, 0.3) is 0 Å². The predicted octanol–water partition coefficient (Wildman–Crippen LogP) is 0.421. The Kier molecular flexibility index (Phi) is 4.52. The molecule has 2 heterocycles. The first-order valence-electron chi connectivity index (χ1n) is 8.36. The average molecular weight is 415 g/mol. The van der Waals surface area contributed by atoms with Crippen LogP contribution in [-0.4, -0.2) is 56.7 Å². The van der Waals surface area contributed by atoms with Gasteiger partial charge in [-0.25, -0.2) is 13.2 Å². The Morgan fingerprint density at radius 2 is 1.74 bits per heavy atom. The van der Waals surface area contributed by atoms with Crippen molar-refractivity contribution in [2.75, 3.05) is 0 Å². The third kappa shape index (κ3) is 2.81. The summed E-state index contributed by atoms with van der Waals surface area (Å²) in [4.78, 5) is 25.2. The lowest BCUT2D eigenvalue weighted by Gasteiger charge is -2.42. The van der Waals surface area contributed by atoms with Crippen LogP contribution in [0.1, 0.15) is 30.5 Å². The van der Waals surface area contributed by atoms with Crippen molar-refractivity contribution in [3.05, 3.63) is 28.8 Å². The van der Waals surface area contributed by atoms with Crippen LogP contribution in [-0.2, 0) is 30.4 Å². The number of hydrogen-bond donors (Lipinski definition) is 2. The number of hydrogen-bond acceptors (Lipinski definition) is 5. The molecule has 10 heteroatoms. The minimum Gasteiger partial charge on any atom is -0.480 e. The van der Waals surface area contributed by atoms with E-state index in [-0.39, 0.29) is 4.90 Å². The van der Waals surface area contributed by atoms with Crippen molar-refractivity contribution in [2.45, 2.75) is 61.7 Å². The molecule has 8 nitrogen and oxygen atoms in total. The van der Waals surface area contributed by atoms with Gasteiger partial charge in [0.15, 0.2) is 0 Å². The molecule has 0 spiro atoms. The number of aliphatic carboxylic acids is 1. The normalized spacial score (nSPS) is 29.4. The van der Waals surface area contributed by atoms with Crippen LogP contribution in [0.3, 0.4) is 0 Å². The summed E-state index contributed by atoms with van der Waals surface area (Å²) in [6, 6.07) is 0.973. The number of nitrogens with zero attached hydrogens (tertiary/aromatic N) is 1. The number of carboxylic acid groups (broad SMARTS) is 1. The van der Waals surface area contributed by atoms with Crippen molar-refractivity contribution >= 4 is 32.7 Å². The molecule has 148 valence electrons. The van der Waals surface area contributed by atoms with E-state index < -0.39 is 54.9 Å². The maximum absolute atomic E-state index is 12.9. The van der Waals surface area contributed by atoms with Gasteiger partial charge < -0.3 is 10.0 Å². The molecule has 3 rings (SSSR count). The third-order valence-corrected chi connectivity index (χ3v) is 9.09. The molecule has 0 aliphatic carbocycles. The number of sulfonamides is 1. The van der Waals surface area contributed by atoms with Crippen LogP contribution in [0.4, 0.5) is 0 Å². The first-order valence-corrected chi connectivity index (χ1v) is 11.1. The quantitative estimate of drug-likeness (QED) is 0.689. The summed E-state index contributed by atoms with van der Waals surface area (Å²) in [5.41, 5.74) is 2.00. The highest BCUT2D eigenvalue weighted by Crippen LogP contribution is 2.43. The van der Waals surface area contributed by atoms with Gasteiger partial charge in [0, 0.05) is 0 Å². The van der Waals surface area contributed by atoms with Gasteiger partial charge in [-0.3, -0.25) is 9.00 Å². The SMILES string of the molecule is Cc1cc(C)c(S(=O)(=O)N[C@@H]2C(=O)N3[C@@H]2[S@@](=O)C(C)(C)[C@@H]3C(=O)O)c(C)c1. The van der Waals surface area contributed by atoms with E-state index in [9.17, 15) is 27.3 Å². The molecular formula is C17H22N2O6S2. The first kappa shape index (κ1) is 20.0. The van der Waals surface area contributed by atoms with E-state index >= 15 is 0 Å². The lowest BCUT2D eigenvalue weighted by atomic mass is 9.96. The van der Waals surface area contributed by atoms with Gasteiger partial charge in [-0.05, 0) is 45.7 Å². The molecule has 1 aromatic rings. The number of aryl methyl sites for hydroxylation is 3. The Morgan fingerprint density at radius 1 is 1.22 bits per heavy atom. The Hall–Kier alpha value is -1.78. The van der Waals surface area contributed by atoms with Gasteiger partial charge >= 0.3 is 5.97 Å². The number of rotatable bonds is 4. The maximum atomic E-state index is 12.9. The largest absolute Gasteiger partial charge is 0.480 e. The second kappa shape index (κ2) is 6.11. The minimum atomic E-state index is -4.05. The summed E-state index contributed by atoms with van der Waals surface area (Å²) in [5.74, 6) is -1.92. The van der Waals surface area contributed by atoms with Crippen LogP contribution in [0.2, 0.25) is 0 Å². The predicted molar refractivity (Wildman–Crippen MR) is 99.0 cm³/mol. The Bertz CT molecular complexity index is 962. The first-order chi connectivity index (χ1) is 12.3. The van der Waals surface area contributed by atoms with Crippen molar-refractivity contribution in [2.24, 2.45) is 0 Å². The third-order valence-electron chi connectivity index (χ3n) is 5.14. The van der Waals surface area contributed by atoms with Crippen LogP contribution in [0.15, 0.2) is 17.0 Å². The van der Waals surface area contributed by atoms with Gasteiger partial charge in [-0.2, -0.15) is 4.72 Å². The molecular weight excluding hydrogens is 392 g/mol. The minimum absolute atomic E-state index is 0.0807. The molecule has 4 atom stereocenters. The Balaban J connectivity index is 1.96. The van der Waals surface area contributed by atoms with E-state index in [4.69, 9.17) is 0 Å². The highest BCUT2D eigenvalue weighted by atomic mass is 32.2. The average Bonchev–Trinajstić information content (AvgIpc) is 2.68. The second-order valence-corrected chi connectivity index (χ2v) is 11.4. The summed E-state index contributed by atoms with van der Waals surface area (Å²) >= 11 is 0.